The predicted octanol–water partition coefficient (Wildman–Crippen LogP) is 3.74. The van der Waals surface area contributed by atoms with Crippen LogP contribution in [0, 0.1) is 5.41 Å². The summed E-state index contributed by atoms with van der Waals surface area (Å²) >= 11 is 5.68. The van der Waals surface area contributed by atoms with Crippen LogP contribution >= 0.6 is 24.0 Å². The van der Waals surface area contributed by atoms with Crippen molar-refractivity contribution in [2.24, 2.45) is 5.41 Å². The summed E-state index contributed by atoms with van der Waals surface area (Å²) in [6.07, 6.45) is 6.29. The van der Waals surface area contributed by atoms with E-state index in [0.717, 1.165) is 22.7 Å². The molecule has 0 saturated heterocycles. The minimum absolute atomic E-state index is 0.0509. The number of thiophene rings is 1. The number of carbonyl (C=O) groups is 1. The lowest BCUT2D eigenvalue weighted by Gasteiger charge is -2.27. The fourth-order valence-electron chi connectivity index (χ4n) is 2.58. The Labute approximate surface area is 112 Å². The molecule has 1 aliphatic rings. The summed E-state index contributed by atoms with van der Waals surface area (Å²) in [5, 5.41) is 4.98. The third-order valence-corrected chi connectivity index (χ3v) is 5.21. The Kier molecular flexibility index (Phi) is 4.15. The number of amides is 1. The second-order valence-corrected chi connectivity index (χ2v) is 6.34. The van der Waals surface area contributed by atoms with Gasteiger partial charge in [0.25, 0.3) is 5.91 Å². The minimum atomic E-state index is 0.0509. The Morgan fingerprint density at radius 1 is 1.53 bits per heavy atom. The van der Waals surface area contributed by atoms with Crippen LogP contribution in [-0.2, 0) is 0 Å². The lowest BCUT2D eigenvalue weighted by molar-refractivity contribution is 0.0932. The van der Waals surface area contributed by atoms with Gasteiger partial charge >= 0.3 is 0 Å². The van der Waals surface area contributed by atoms with Gasteiger partial charge in [-0.1, -0.05) is 19.8 Å². The first-order chi connectivity index (χ1) is 8.15. The second-order valence-electron chi connectivity index (χ2n) is 4.91. The van der Waals surface area contributed by atoms with Crippen LogP contribution in [0.5, 0.6) is 0 Å². The number of hydrogen-bond acceptors (Lipinski definition) is 3. The molecule has 1 fully saturated rings. The third kappa shape index (κ3) is 3.05. The molecule has 1 heterocycles. The molecule has 0 atom stereocenters. The van der Waals surface area contributed by atoms with Crippen LogP contribution in [-0.4, -0.2) is 12.5 Å². The first-order valence-electron chi connectivity index (χ1n) is 6.21. The lowest BCUT2D eigenvalue weighted by atomic mass is 9.83. The van der Waals surface area contributed by atoms with Crippen molar-refractivity contribution in [3.05, 3.63) is 16.3 Å². The van der Waals surface area contributed by atoms with E-state index in [4.69, 9.17) is 0 Å². The molecule has 17 heavy (non-hydrogen) atoms. The third-order valence-electron chi connectivity index (χ3n) is 3.85. The van der Waals surface area contributed by atoms with E-state index in [9.17, 15) is 4.79 Å². The highest BCUT2D eigenvalue weighted by Crippen LogP contribution is 2.40. The van der Waals surface area contributed by atoms with E-state index in [1.807, 2.05) is 11.4 Å². The van der Waals surface area contributed by atoms with E-state index in [2.05, 4.69) is 24.9 Å². The normalized spacial score (nSPS) is 18.2. The molecule has 1 saturated carbocycles. The van der Waals surface area contributed by atoms with Gasteiger partial charge in [0.05, 0.1) is 4.88 Å². The standard InChI is InChI=1S/C13H19NOS2/c1-2-13(5-3-4-6-13)9-14-12(15)11-7-10(16)8-17-11/h7-8,16H,2-6,9H2,1H3,(H,14,15). The number of nitrogens with one attached hydrogen (secondary N) is 1. The van der Waals surface area contributed by atoms with Crippen molar-refractivity contribution >= 4 is 29.9 Å². The van der Waals surface area contributed by atoms with E-state index >= 15 is 0 Å². The predicted molar refractivity (Wildman–Crippen MR) is 75.1 cm³/mol. The summed E-state index contributed by atoms with van der Waals surface area (Å²) in [4.78, 5) is 13.6. The Balaban J connectivity index is 1.91. The van der Waals surface area contributed by atoms with Gasteiger partial charge < -0.3 is 5.32 Å². The van der Waals surface area contributed by atoms with Crippen molar-refractivity contribution in [2.75, 3.05) is 6.54 Å². The van der Waals surface area contributed by atoms with Crippen molar-refractivity contribution in [1.29, 1.82) is 0 Å². The Morgan fingerprint density at radius 3 is 2.76 bits per heavy atom. The zero-order valence-corrected chi connectivity index (χ0v) is 11.9. The number of carbonyl (C=O) groups excluding carboxylic acids is 1. The quantitative estimate of drug-likeness (QED) is 0.801. The molecule has 4 heteroatoms. The fourth-order valence-corrected chi connectivity index (χ4v) is 3.65. The fraction of sp³-hybridized carbons (Fsp3) is 0.615. The van der Waals surface area contributed by atoms with Crippen LogP contribution in [0.2, 0.25) is 0 Å². The Bertz CT molecular complexity index is 394. The molecule has 0 unspecified atom stereocenters. The second kappa shape index (κ2) is 5.44. The van der Waals surface area contributed by atoms with Crippen LogP contribution in [0.15, 0.2) is 16.3 Å². The molecule has 1 aromatic heterocycles. The van der Waals surface area contributed by atoms with E-state index in [1.165, 1.54) is 37.0 Å². The first kappa shape index (κ1) is 13.0. The first-order valence-corrected chi connectivity index (χ1v) is 7.54. The van der Waals surface area contributed by atoms with Crippen LogP contribution in [0.3, 0.4) is 0 Å². The van der Waals surface area contributed by atoms with Gasteiger partial charge in [0.2, 0.25) is 0 Å². The minimum Gasteiger partial charge on any atom is -0.351 e. The van der Waals surface area contributed by atoms with Gasteiger partial charge in [-0.15, -0.1) is 24.0 Å². The van der Waals surface area contributed by atoms with Gasteiger partial charge in [0, 0.05) is 16.8 Å². The molecule has 2 nitrogen and oxygen atoms in total. The maximum Gasteiger partial charge on any atom is 0.261 e. The monoisotopic (exact) mass is 269 g/mol. The van der Waals surface area contributed by atoms with Crippen molar-refractivity contribution in [3.63, 3.8) is 0 Å². The molecule has 0 bridgehead atoms. The maximum absolute atomic E-state index is 11.9. The average Bonchev–Trinajstić information content (AvgIpc) is 2.95. The summed E-state index contributed by atoms with van der Waals surface area (Å²) in [5.41, 5.74) is 0.358. The maximum atomic E-state index is 11.9. The van der Waals surface area contributed by atoms with Crippen molar-refractivity contribution in [1.82, 2.24) is 5.32 Å². The summed E-state index contributed by atoms with van der Waals surface area (Å²) < 4.78 is 0. The smallest absolute Gasteiger partial charge is 0.261 e. The molecule has 2 rings (SSSR count). The van der Waals surface area contributed by atoms with E-state index < -0.39 is 0 Å². The summed E-state index contributed by atoms with van der Waals surface area (Å²) in [7, 11) is 0. The van der Waals surface area contributed by atoms with Gasteiger partial charge in [0.1, 0.15) is 0 Å². The lowest BCUT2D eigenvalue weighted by Crippen LogP contribution is -2.35. The molecular formula is C13H19NOS2. The Hall–Kier alpha value is -0.480. The number of thiol groups is 1. The number of hydrogen-bond donors (Lipinski definition) is 2. The van der Waals surface area contributed by atoms with Gasteiger partial charge in [-0.2, -0.15) is 0 Å². The SMILES string of the molecule is CCC1(CNC(=O)c2cc(S)cs2)CCCC1. The van der Waals surface area contributed by atoms with Crippen LogP contribution < -0.4 is 5.32 Å². The molecule has 0 aliphatic heterocycles. The molecule has 94 valence electrons. The van der Waals surface area contributed by atoms with Gasteiger partial charge in [-0.05, 0) is 30.7 Å². The highest BCUT2D eigenvalue weighted by atomic mass is 32.1. The molecule has 0 spiro atoms. The molecule has 1 N–H and O–H groups in total. The van der Waals surface area contributed by atoms with Crippen LogP contribution in [0.4, 0.5) is 0 Å². The van der Waals surface area contributed by atoms with E-state index in [-0.39, 0.29) is 5.91 Å². The zero-order valence-electron chi connectivity index (χ0n) is 10.2. The molecule has 0 radical (unpaired) electrons. The molecule has 1 aliphatic carbocycles. The van der Waals surface area contributed by atoms with Crippen LogP contribution in [0.25, 0.3) is 0 Å². The summed E-state index contributed by atoms with van der Waals surface area (Å²) in [6, 6.07) is 1.83. The summed E-state index contributed by atoms with van der Waals surface area (Å²) in [6.45, 7) is 3.05. The largest absolute Gasteiger partial charge is 0.351 e. The van der Waals surface area contributed by atoms with E-state index in [1.54, 1.807) is 0 Å². The highest BCUT2D eigenvalue weighted by molar-refractivity contribution is 7.80. The molecule has 0 aromatic carbocycles. The molecular weight excluding hydrogens is 250 g/mol. The van der Waals surface area contributed by atoms with Crippen molar-refractivity contribution in [3.8, 4) is 0 Å². The number of rotatable bonds is 4. The highest BCUT2D eigenvalue weighted by Gasteiger charge is 2.32. The topological polar surface area (TPSA) is 29.1 Å². The van der Waals surface area contributed by atoms with Crippen molar-refractivity contribution < 1.29 is 4.79 Å². The van der Waals surface area contributed by atoms with Crippen LogP contribution in [0.1, 0.15) is 48.7 Å². The van der Waals surface area contributed by atoms with Gasteiger partial charge in [0.15, 0.2) is 0 Å². The average molecular weight is 269 g/mol. The summed E-state index contributed by atoms with van der Waals surface area (Å²) in [5.74, 6) is 0.0509. The zero-order chi connectivity index (χ0) is 12.3. The van der Waals surface area contributed by atoms with Gasteiger partial charge in [-0.3, -0.25) is 4.79 Å². The Morgan fingerprint density at radius 2 is 2.24 bits per heavy atom. The van der Waals surface area contributed by atoms with E-state index in [0.29, 0.717) is 5.41 Å². The van der Waals surface area contributed by atoms with Crippen molar-refractivity contribution in [2.45, 2.75) is 43.9 Å². The van der Waals surface area contributed by atoms with Gasteiger partial charge in [-0.25, -0.2) is 0 Å². The molecule has 1 aromatic rings. The molecule has 1 amide bonds.